The molecule has 0 aliphatic carbocycles. The maximum atomic E-state index is 14.9. The monoisotopic (exact) mass is 572 g/mol. The lowest BCUT2D eigenvalue weighted by Gasteiger charge is -2.32. The van der Waals surface area contributed by atoms with Crippen LogP contribution < -0.4 is 20.3 Å². The summed E-state index contributed by atoms with van der Waals surface area (Å²) in [5.74, 6) is -1.34. The van der Waals surface area contributed by atoms with E-state index in [0.29, 0.717) is 18.5 Å². The molecule has 1 aromatic heterocycles. The van der Waals surface area contributed by atoms with Gasteiger partial charge in [-0.3, -0.25) is 14.1 Å². The summed E-state index contributed by atoms with van der Waals surface area (Å²) in [5.41, 5.74) is -0.732. The highest BCUT2D eigenvalue weighted by atomic mass is 32.2. The van der Waals surface area contributed by atoms with E-state index in [4.69, 9.17) is 14.6 Å². The normalized spacial score (nSPS) is 18.7. The predicted octanol–water partition coefficient (Wildman–Crippen LogP) is 1.86. The quantitative estimate of drug-likeness (QED) is 0.366. The molecule has 3 N–H and O–H groups in total. The van der Waals surface area contributed by atoms with Gasteiger partial charge in [0.2, 0.25) is 0 Å². The molecule has 1 unspecified atom stereocenters. The first kappa shape index (κ1) is 27.9. The molecule has 5 rings (SSSR count). The van der Waals surface area contributed by atoms with Crippen LogP contribution in [0.25, 0.3) is 10.9 Å². The van der Waals surface area contributed by atoms with Gasteiger partial charge in [0.15, 0.2) is 11.6 Å². The van der Waals surface area contributed by atoms with Gasteiger partial charge in [0.05, 0.1) is 47.8 Å². The van der Waals surface area contributed by atoms with Gasteiger partial charge in [0.25, 0.3) is 5.56 Å². The SMILES string of the molecule is CN(CCO)S(=O)(=O)Nc1ccc(F)c(Oc2ccc3ncn(C4COC5(CCNCC5)C4)c(=O)c3c2)c1C#N. The van der Waals surface area contributed by atoms with Gasteiger partial charge in [0.1, 0.15) is 17.4 Å². The van der Waals surface area contributed by atoms with Crippen LogP contribution in [0, 0.1) is 17.1 Å². The maximum absolute atomic E-state index is 14.9. The number of rotatable bonds is 8. The second kappa shape index (κ2) is 11.1. The van der Waals surface area contributed by atoms with E-state index < -0.39 is 28.4 Å². The zero-order valence-electron chi connectivity index (χ0n) is 21.8. The first-order valence-corrected chi connectivity index (χ1v) is 14.2. The molecule has 14 heteroatoms. The first-order chi connectivity index (χ1) is 19.2. The Labute approximate surface area is 230 Å². The lowest BCUT2D eigenvalue weighted by Crippen LogP contribution is -2.41. The Balaban J connectivity index is 1.45. The number of anilines is 1. The molecule has 1 atom stereocenters. The lowest BCUT2D eigenvalue weighted by molar-refractivity contribution is -0.0196. The summed E-state index contributed by atoms with van der Waals surface area (Å²) in [6.07, 6.45) is 3.95. The number of benzene rings is 2. The van der Waals surface area contributed by atoms with Crippen molar-refractivity contribution in [3.05, 3.63) is 58.4 Å². The summed E-state index contributed by atoms with van der Waals surface area (Å²) in [5, 5.41) is 22.4. The van der Waals surface area contributed by atoms with E-state index in [9.17, 15) is 22.9 Å². The van der Waals surface area contributed by atoms with Gasteiger partial charge in [-0.15, -0.1) is 0 Å². The molecule has 3 aromatic rings. The van der Waals surface area contributed by atoms with Crippen LogP contribution in [0.1, 0.15) is 30.9 Å². The molecule has 0 bridgehead atoms. The number of aromatic nitrogens is 2. The van der Waals surface area contributed by atoms with E-state index in [-0.39, 0.29) is 46.1 Å². The second-order valence-electron chi connectivity index (χ2n) is 9.90. The van der Waals surface area contributed by atoms with E-state index in [1.54, 1.807) is 16.7 Å². The maximum Gasteiger partial charge on any atom is 0.301 e. The number of aliphatic hydroxyl groups excluding tert-OH is 1. The average molecular weight is 573 g/mol. The van der Waals surface area contributed by atoms with Crippen LogP contribution in [0.4, 0.5) is 10.1 Å². The Morgan fingerprint density at radius 3 is 2.85 bits per heavy atom. The van der Waals surface area contributed by atoms with E-state index >= 15 is 0 Å². The van der Waals surface area contributed by atoms with Crippen molar-refractivity contribution in [2.75, 3.05) is 44.6 Å². The topological polar surface area (TPSA) is 159 Å². The molecule has 2 saturated heterocycles. The number of fused-ring (bicyclic) bond motifs is 1. The van der Waals surface area contributed by atoms with Crippen molar-refractivity contribution in [1.82, 2.24) is 19.2 Å². The number of nitrogens with zero attached hydrogens (tertiary/aromatic N) is 4. The number of ether oxygens (including phenoxy) is 2. The minimum atomic E-state index is -4.14. The summed E-state index contributed by atoms with van der Waals surface area (Å²) >= 11 is 0. The van der Waals surface area contributed by atoms with Gasteiger partial charge in [-0.2, -0.15) is 18.0 Å². The third kappa shape index (κ3) is 5.38. The zero-order chi connectivity index (χ0) is 28.5. The Bertz CT molecular complexity index is 1630. The summed E-state index contributed by atoms with van der Waals surface area (Å²) in [7, 11) is -2.90. The third-order valence-corrected chi connectivity index (χ3v) is 8.84. The Kier molecular flexibility index (Phi) is 7.76. The minimum absolute atomic E-state index is 0.0643. The molecule has 212 valence electrons. The van der Waals surface area contributed by atoms with Crippen LogP contribution >= 0.6 is 0 Å². The van der Waals surface area contributed by atoms with Crippen molar-refractivity contribution in [2.24, 2.45) is 0 Å². The second-order valence-corrected chi connectivity index (χ2v) is 11.7. The fraction of sp³-hybridized carbons (Fsp3) is 0.423. The largest absolute Gasteiger partial charge is 0.453 e. The summed E-state index contributed by atoms with van der Waals surface area (Å²) in [6, 6.07) is 8.13. The Hall–Kier alpha value is -3.61. The van der Waals surface area contributed by atoms with Crippen LogP contribution in [0.3, 0.4) is 0 Å². The van der Waals surface area contributed by atoms with Gasteiger partial charge in [-0.25, -0.2) is 9.37 Å². The average Bonchev–Trinajstić information content (AvgIpc) is 3.34. The summed E-state index contributed by atoms with van der Waals surface area (Å²) in [6.45, 7) is 1.53. The van der Waals surface area contributed by atoms with Crippen molar-refractivity contribution in [3.63, 3.8) is 0 Å². The van der Waals surface area contributed by atoms with Crippen LogP contribution in [0.5, 0.6) is 11.5 Å². The standard InChI is InChI=1S/C26H29FN6O6S/c1-32(10-11-34)40(36,37)31-23-5-3-21(27)24(20(23)14-28)39-18-2-4-22-19(12-18)25(35)33(16-30-22)17-13-26(38-15-17)6-8-29-9-7-26/h2-5,12,16-17,29,31,34H,6-11,13,15H2,1H3. The zero-order valence-corrected chi connectivity index (χ0v) is 22.6. The van der Waals surface area contributed by atoms with Crippen LogP contribution in [-0.4, -0.2) is 72.9 Å². The van der Waals surface area contributed by atoms with E-state index in [2.05, 4.69) is 15.0 Å². The Morgan fingerprint density at radius 1 is 1.35 bits per heavy atom. The highest BCUT2D eigenvalue weighted by Gasteiger charge is 2.42. The smallest absolute Gasteiger partial charge is 0.301 e. The molecule has 2 aliphatic rings. The van der Waals surface area contributed by atoms with Gasteiger partial charge < -0.3 is 19.9 Å². The van der Waals surface area contributed by atoms with Crippen molar-refractivity contribution in [1.29, 1.82) is 5.26 Å². The number of hydrogen-bond acceptors (Lipinski definition) is 9. The lowest BCUT2D eigenvalue weighted by atomic mass is 9.88. The van der Waals surface area contributed by atoms with Crippen molar-refractivity contribution < 1.29 is 27.4 Å². The van der Waals surface area contributed by atoms with Crippen LogP contribution in [0.2, 0.25) is 0 Å². The highest BCUT2D eigenvalue weighted by Crippen LogP contribution is 2.39. The van der Waals surface area contributed by atoms with Gasteiger partial charge in [-0.05, 0) is 62.7 Å². The van der Waals surface area contributed by atoms with Gasteiger partial charge in [-0.1, -0.05) is 0 Å². The molecule has 0 saturated carbocycles. The molecular weight excluding hydrogens is 543 g/mol. The predicted molar refractivity (Wildman–Crippen MR) is 144 cm³/mol. The minimum Gasteiger partial charge on any atom is -0.453 e. The molecule has 2 fully saturated rings. The third-order valence-electron chi connectivity index (χ3n) is 7.36. The number of likely N-dealkylation sites (N-methyl/N-ethyl adjacent to an activating group) is 1. The van der Waals surface area contributed by atoms with Gasteiger partial charge in [0, 0.05) is 13.6 Å². The molecule has 3 heterocycles. The molecule has 0 amide bonds. The molecule has 1 spiro atoms. The number of hydrogen-bond donors (Lipinski definition) is 3. The fourth-order valence-electron chi connectivity index (χ4n) is 5.12. The number of nitriles is 1. The molecule has 0 radical (unpaired) electrons. The number of halogens is 1. The van der Waals surface area contributed by atoms with Crippen LogP contribution in [-0.2, 0) is 14.9 Å². The number of nitrogens with one attached hydrogen (secondary N) is 2. The van der Waals surface area contributed by atoms with E-state index in [1.807, 2.05) is 0 Å². The van der Waals surface area contributed by atoms with E-state index in [0.717, 1.165) is 42.4 Å². The van der Waals surface area contributed by atoms with E-state index in [1.165, 1.54) is 25.5 Å². The summed E-state index contributed by atoms with van der Waals surface area (Å²) < 4.78 is 56.4. The van der Waals surface area contributed by atoms with Crippen LogP contribution in [0.15, 0.2) is 41.5 Å². The van der Waals surface area contributed by atoms with Gasteiger partial charge >= 0.3 is 10.2 Å². The molecule has 40 heavy (non-hydrogen) atoms. The molecule has 2 aromatic carbocycles. The summed E-state index contributed by atoms with van der Waals surface area (Å²) in [4.78, 5) is 17.9. The molecule has 2 aliphatic heterocycles. The Morgan fingerprint density at radius 2 is 2.12 bits per heavy atom. The fourth-order valence-corrected chi connectivity index (χ4v) is 6.04. The molecular formula is C26H29FN6O6S. The van der Waals surface area contributed by atoms with Crippen molar-refractivity contribution in [2.45, 2.75) is 30.9 Å². The number of aliphatic hydroxyl groups is 1. The van der Waals surface area contributed by atoms with Crippen molar-refractivity contribution >= 4 is 26.8 Å². The first-order valence-electron chi connectivity index (χ1n) is 12.8. The van der Waals surface area contributed by atoms with Crippen molar-refractivity contribution in [3.8, 4) is 17.6 Å². The molecule has 12 nitrogen and oxygen atoms in total. The highest BCUT2D eigenvalue weighted by molar-refractivity contribution is 7.90. The number of piperidine rings is 1.